The van der Waals surface area contributed by atoms with Crippen molar-refractivity contribution >= 4 is 0 Å². The molecule has 126 valence electrons. The molecule has 0 aliphatic heterocycles. The van der Waals surface area contributed by atoms with Crippen LogP contribution >= 0.6 is 0 Å². The van der Waals surface area contributed by atoms with Crippen LogP contribution in [0.25, 0.3) is 0 Å². The van der Waals surface area contributed by atoms with Crippen molar-refractivity contribution in [1.82, 2.24) is 4.90 Å². The smallest absolute Gasteiger partial charge is 0.329 e. The summed E-state index contributed by atoms with van der Waals surface area (Å²) in [4.78, 5) is 2.25. The molecule has 0 bridgehead atoms. The average Bonchev–Trinajstić information content (AvgIpc) is 2.45. The summed E-state index contributed by atoms with van der Waals surface area (Å²) in [7, 11) is 0. The van der Waals surface area contributed by atoms with Crippen molar-refractivity contribution in [2.75, 3.05) is 19.6 Å². The Morgan fingerprint density at radius 2 is 1.76 bits per heavy atom. The Morgan fingerprint density at radius 1 is 1.14 bits per heavy atom. The zero-order valence-corrected chi connectivity index (χ0v) is 13.5. The standard InChI is InChI=1S/C16H31F3N2/c1-3-11-21(12-5-8-16(17,18)19)15(13-20)9-6-14(4-2)7-10-15/h14H,3-13,20H2,1-2H3. The molecule has 1 fully saturated rings. The van der Waals surface area contributed by atoms with E-state index in [0.29, 0.717) is 13.1 Å². The monoisotopic (exact) mass is 308 g/mol. The molecule has 21 heavy (non-hydrogen) atoms. The van der Waals surface area contributed by atoms with Crippen LogP contribution in [0.1, 0.15) is 65.2 Å². The number of hydrogen-bond acceptors (Lipinski definition) is 2. The molecule has 1 saturated carbocycles. The van der Waals surface area contributed by atoms with Crippen molar-refractivity contribution in [2.24, 2.45) is 11.7 Å². The van der Waals surface area contributed by atoms with Gasteiger partial charge in [-0.1, -0.05) is 20.3 Å². The predicted octanol–water partition coefficient (Wildman–Crippen LogP) is 4.34. The van der Waals surface area contributed by atoms with Crippen molar-refractivity contribution in [2.45, 2.75) is 76.9 Å². The molecule has 0 unspecified atom stereocenters. The van der Waals surface area contributed by atoms with Crippen molar-refractivity contribution in [3.63, 3.8) is 0 Å². The summed E-state index contributed by atoms with van der Waals surface area (Å²) in [6, 6.07) is 0. The fourth-order valence-corrected chi connectivity index (χ4v) is 3.60. The molecular weight excluding hydrogens is 277 g/mol. The maximum atomic E-state index is 12.4. The molecular formula is C16H31F3N2. The van der Waals surface area contributed by atoms with Gasteiger partial charge in [0.25, 0.3) is 0 Å². The third kappa shape index (κ3) is 5.78. The van der Waals surface area contributed by atoms with E-state index in [9.17, 15) is 13.2 Å². The van der Waals surface area contributed by atoms with Crippen LogP contribution in [-0.4, -0.2) is 36.2 Å². The first-order chi connectivity index (χ1) is 9.87. The molecule has 0 atom stereocenters. The summed E-state index contributed by atoms with van der Waals surface area (Å²) in [5, 5.41) is 0. The van der Waals surface area contributed by atoms with Gasteiger partial charge in [-0.3, -0.25) is 4.90 Å². The molecule has 5 heteroatoms. The molecule has 1 aliphatic rings. The molecule has 0 heterocycles. The van der Waals surface area contributed by atoms with E-state index < -0.39 is 12.6 Å². The SMILES string of the molecule is CCCN(CCCC(F)(F)F)C1(CN)CCC(CC)CC1. The van der Waals surface area contributed by atoms with E-state index in [0.717, 1.165) is 44.6 Å². The third-order valence-electron chi connectivity index (χ3n) is 5.05. The van der Waals surface area contributed by atoms with Gasteiger partial charge >= 0.3 is 6.18 Å². The van der Waals surface area contributed by atoms with E-state index in [-0.39, 0.29) is 12.0 Å². The Morgan fingerprint density at radius 3 is 2.19 bits per heavy atom. The lowest BCUT2D eigenvalue weighted by Gasteiger charge is -2.48. The van der Waals surface area contributed by atoms with Crippen LogP contribution < -0.4 is 5.73 Å². The maximum absolute atomic E-state index is 12.4. The van der Waals surface area contributed by atoms with Gasteiger partial charge in [0.1, 0.15) is 0 Å². The lowest BCUT2D eigenvalue weighted by Crippen LogP contribution is -2.56. The maximum Gasteiger partial charge on any atom is 0.389 e. The minimum atomic E-state index is -4.05. The van der Waals surface area contributed by atoms with Gasteiger partial charge in [-0.2, -0.15) is 13.2 Å². The minimum Gasteiger partial charge on any atom is -0.329 e. The average molecular weight is 308 g/mol. The van der Waals surface area contributed by atoms with Crippen LogP contribution in [0.3, 0.4) is 0 Å². The first-order valence-electron chi connectivity index (χ1n) is 8.38. The topological polar surface area (TPSA) is 29.3 Å². The first kappa shape index (κ1) is 18.8. The van der Waals surface area contributed by atoms with Gasteiger partial charge < -0.3 is 5.73 Å². The zero-order valence-electron chi connectivity index (χ0n) is 13.5. The quantitative estimate of drug-likeness (QED) is 0.723. The summed E-state index contributed by atoms with van der Waals surface area (Å²) >= 11 is 0. The highest BCUT2D eigenvalue weighted by Gasteiger charge is 2.38. The Balaban J connectivity index is 2.63. The highest BCUT2D eigenvalue weighted by molar-refractivity contribution is 4.95. The first-order valence-corrected chi connectivity index (χ1v) is 8.38. The van der Waals surface area contributed by atoms with E-state index in [1.165, 1.54) is 6.42 Å². The second kappa shape index (κ2) is 8.37. The van der Waals surface area contributed by atoms with Gasteiger partial charge in [-0.15, -0.1) is 0 Å². The molecule has 0 saturated heterocycles. The van der Waals surface area contributed by atoms with Crippen LogP contribution in [0.2, 0.25) is 0 Å². The Bertz CT molecular complexity index is 284. The fraction of sp³-hybridized carbons (Fsp3) is 1.00. The van der Waals surface area contributed by atoms with E-state index >= 15 is 0 Å². The van der Waals surface area contributed by atoms with E-state index in [1.807, 2.05) is 0 Å². The fourth-order valence-electron chi connectivity index (χ4n) is 3.60. The lowest BCUT2D eigenvalue weighted by atomic mass is 9.74. The number of rotatable bonds is 8. The van der Waals surface area contributed by atoms with E-state index in [1.54, 1.807) is 0 Å². The number of alkyl halides is 3. The summed E-state index contributed by atoms with van der Waals surface area (Å²) in [6.07, 6.45) is 2.00. The lowest BCUT2D eigenvalue weighted by molar-refractivity contribution is -0.137. The summed E-state index contributed by atoms with van der Waals surface area (Å²) in [5.74, 6) is 0.767. The van der Waals surface area contributed by atoms with Crippen molar-refractivity contribution < 1.29 is 13.2 Å². The van der Waals surface area contributed by atoms with Crippen LogP contribution in [0, 0.1) is 5.92 Å². The van der Waals surface area contributed by atoms with E-state index in [2.05, 4.69) is 18.7 Å². The molecule has 1 aliphatic carbocycles. The Kier molecular flexibility index (Phi) is 7.48. The predicted molar refractivity (Wildman–Crippen MR) is 81.2 cm³/mol. The van der Waals surface area contributed by atoms with Gasteiger partial charge in [-0.25, -0.2) is 0 Å². The highest BCUT2D eigenvalue weighted by atomic mass is 19.4. The van der Waals surface area contributed by atoms with Gasteiger partial charge in [0.2, 0.25) is 0 Å². The van der Waals surface area contributed by atoms with Crippen LogP contribution in [0.4, 0.5) is 13.2 Å². The number of nitrogens with two attached hydrogens (primary N) is 1. The molecule has 1 rings (SSSR count). The van der Waals surface area contributed by atoms with Crippen molar-refractivity contribution in [1.29, 1.82) is 0 Å². The Labute approximate surface area is 127 Å². The zero-order chi connectivity index (χ0) is 15.9. The van der Waals surface area contributed by atoms with Crippen molar-refractivity contribution in [3.8, 4) is 0 Å². The van der Waals surface area contributed by atoms with Gasteiger partial charge in [0.15, 0.2) is 0 Å². The third-order valence-corrected chi connectivity index (χ3v) is 5.05. The molecule has 0 aromatic heterocycles. The minimum absolute atomic E-state index is 0.0622. The van der Waals surface area contributed by atoms with E-state index in [4.69, 9.17) is 5.73 Å². The Hall–Kier alpha value is -0.290. The molecule has 0 radical (unpaired) electrons. The van der Waals surface area contributed by atoms with Gasteiger partial charge in [-0.05, 0) is 57.5 Å². The summed E-state index contributed by atoms with van der Waals surface area (Å²) in [6.45, 7) is 6.23. The number of halogens is 3. The molecule has 0 aromatic carbocycles. The largest absolute Gasteiger partial charge is 0.389 e. The van der Waals surface area contributed by atoms with Gasteiger partial charge in [0, 0.05) is 18.5 Å². The summed E-state index contributed by atoms with van der Waals surface area (Å²) in [5.41, 5.74) is 5.99. The van der Waals surface area contributed by atoms with Gasteiger partial charge in [0.05, 0.1) is 0 Å². The highest BCUT2D eigenvalue weighted by Crippen LogP contribution is 2.37. The summed E-state index contributed by atoms with van der Waals surface area (Å²) < 4.78 is 37.1. The second-order valence-electron chi connectivity index (χ2n) is 6.49. The number of hydrogen-bond donors (Lipinski definition) is 1. The van der Waals surface area contributed by atoms with Crippen LogP contribution in [-0.2, 0) is 0 Å². The normalized spacial score (nSPS) is 27.3. The van der Waals surface area contributed by atoms with Crippen molar-refractivity contribution in [3.05, 3.63) is 0 Å². The molecule has 0 amide bonds. The molecule has 0 aromatic rings. The second-order valence-corrected chi connectivity index (χ2v) is 6.49. The number of nitrogens with zero attached hydrogens (tertiary/aromatic N) is 1. The molecule has 2 nitrogen and oxygen atoms in total. The molecule has 2 N–H and O–H groups in total. The van der Waals surface area contributed by atoms with Crippen LogP contribution in [0.15, 0.2) is 0 Å². The molecule has 0 spiro atoms. The van der Waals surface area contributed by atoms with Crippen LogP contribution in [0.5, 0.6) is 0 Å².